The Balaban J connectivity index is 1.85. The summed E-state index contributed by atoms with van der Waals surface area (Å²) < 4.78 is 32.7. The fourth-order valence-corrected chi connectivity index (χ4v) is 4.75. The van der Waals surface area contributed by atoms with Crippen molar-refractivity contribution < 1.29 is 17.9 Å². The van der Waals surface area contributed by atoms with Crippen LogP contribution in [0.5, 0.6) is 5.75 Å². The molecule has 3 aromatic carbocycles. The number of rotatable bonds is 8. The Morgan fingerprint density at radius 1 is 0.906 bits per heavy atom. The highest BCUT2D eigenvalue weighted by Crippen LogP contribution is 2.31. The van der Waals surface area contributed by atoms with Crippen molar-refractivity contribution in [3.8, 4) is 5.75 Å². The van der Waals surface area contributed by atoms with E-state index in [1.165, 1.54) is 42.7 Å². The molecule has 0 spiro atoms. The van der Waals surface area contributed by atoms with Crippen molar-refractivity contribution in [3.05, 3.63) is 83.4 Å². The molecule has 3 rings (SSSR count). The smallest absolute Gasteiger partial charge is 0.264 e. The zero-order valence-electron chi connectivity index (χ0n) is 18.8. The molecule has 0 aromatic heterocycles. The summed E-state index contributed by atoms with van der Waals surface area (Å²) in [6.45, 7) is 4.09. The van der Waals surface area contributed by atoms with Crippen molar-refractivity contribution in [2.45, 2.75) is 31.6 Å². The van der Waals surface area contributed by atoms with E-state index in [1.54, 1.807) is 24.3 Å². The third-order valence-electron chi connectivity index (χ3n) is 5.44. The first-order valence-electron chi connectivity index (χ1n) is 10.5. The minimum absolute atomic E-state index is 0.0886. The third kappa shape index (κ3) is 4.62. The maximum atomic E-state index is 13.1. The van der Waals surface area contributed by atoms with E-state index in [0.29, 0.717) is 17.0 Å². The minimum Gasteiger partial charge on any atom is -0.495 e. The molecule has 0 aliphatic carbocycles. The van der Waals surface area contributed by atoms with E-state index in [9.17, 15) is 13.2 Å². The number of amides is 1. The van der Waals surface area contributed by atoms with Crippen LogP contribution in [0.15, 0.2) is 71.6 Å². The Labute approximate surface area is 189 Å². The van der Waals surface area contributed by atoms with Gasteiger partial charge in [0.25, 0.3) is 15.9 Å². The van der Waals surface area contributed by atoms with Gasteiger partial charge < -0.3 is 10.1 Å². The van der Waals surface area contributed by atoms with Gasteiger partial charge in [-0.15, -0.1) is 0 Å². The van der Waals surface area contributed by atoms with Gasteiger partial charge in [0, 0.05) is 18.3 Å². The standard InChI is InChI=1S/C25H28N2O4S/c1-5-18-10-9-11-19(6-2)24(18)26-25(28)20-14-16-21(17-15-20)32(29,30)27(3)22-12-7-8-13-23(22)31-4/h7-17H,5-6H2,1-4H3,(H,26,28). The second kappa shape index (κ2) is 9.87. The van der Waals surface area contributed by atoms with Gasteiger partial charge in [0.05, 0.1) is 17.7 Å². The number of ether oxygens (including phenoxy) is 1. The summed E-state index contributed by atoms with van der Waals surface area (Å²) in [5.74, 6) is 0.179. The molecular weight excluding hydrogens is 424 g/mol. The summed E-state index contributed by atoms with van der Waals surface area (Å²) in [7, 11) is -0.858. The lowest BCUT2D eigenvalue weighted by Crippen LogP contribution is -2.27. The predicted molar refractivity (Wildman–Crippen MR) is 128 cm³/mol. The van der Waals surface area contributed by atoms with Crippen molar-refractivity contribution in [3.63, 3.8) is 0 Å². The number of carbonyl (C=O) groups excluding carboxylic acids is 1. The van der Waals surface area contributed by atoms with Gasteiger partial charge in [0.1, 0.15) is 5.75 Å². The molecule has 32 heavy (non-hydrogen) atoms. The molecule has 1 N–H and O–H groups in total. The quantitative estimate of drug-likeness (QED) is 0.528. The maximum Gasteiger partial charge on any atom is 0.264 e. The number of nitrogens with zero attached hydrogens (tertiary/aromatic N) is 1. The fourth-order valence-electron chi connectivity index (χ4n) is 3.54. The number of aryl methyl sites for hydroxylation is 2. The van der Waals surface area contributed by atoms with E-state index in [1.807, 2.05) is 32.0 Å². The predicted octanol–water partition coefficient (Wildman–Crippen LogP) is 4.90. The summed E-state index contributed by atoms with van der Waals surface area (Å²) in [6, 6.07) is 18.8. The van der Waals surface area contributed by atoms with Gasteiger partial charge in [0.15, 0.2) is 0 Å². The molecule has 1 amide bonds. The van der Waals surface area contributed by atoms with Crippen molar-refractivity contribution in [1.82, 2.24) is 0 Å². The number of hydrogen-bond acceptors (Lipinski definition) is 4. The monoisotopic (exact) mass is 452 g/mol. The molecule has 0 saturated carbocycles. The number of nitrogens with one attached hydrogen (secondary N) is 1. The van der Waals surface area contributed by atoms with Crippen molar-refractivity contribution in [2.75, 3.05) is 23.8 Å². The molecular formula is C25H28N2O4S. The van der Waals surface area contributed by atoms with Crippen LogP contribution in [-0.4, -0.2) is 28.5 Å². The van der Waals surface area contributed by atoms with Gasteiger partial charge in [-0.2, -0.15) is 0 Å². The molecule has 0 saturated heterocycles. The van der Waals surface area contributed by atoms with Crippen molar-refractivity contribution in [2.24, 2.45) is 0 Å². The van der Waals surface area contributed by atoms with E-state index in [-0.39, 0.29) is 10.8 Å². The number of sulfonamides is 1. The zero-order chi connectivity index (χ0) is 23.3. The molecule has 0 radical (unpaired) electrons. The molecule has 168 valence electrons. The van der Waals surface area contributed by atoms with Crippen LogP contribution in [-0.2, 0) is 22.9 Å². The lowest BCUT2D eigenvalue weighted by Gasteiger charge is -2.21. The zero-order valence-corrected chi connectivity index (χ0v) is 19.6. The van der Waals surface area contributed by atoms with Crippen LogP contribution in [0, 0.1) is 0 Å². The van der Waals surface area contributed by atoms with E-state index in [4.69, 9.17) is 4.74 Å². The molecule has 0 heterocycles. The van der Waals surface area contributed by atoms with E-state index < -0.39 is 10.0 Å². The third-order valence-corrected chi connectivity index (χ3v) is 7.22. The summed E-state index contributed by atoms with van der Waals surface area (Å²) in [4.78, 5) is 13.0. The second-order valence-corrected chi connectivity index (χ2v) is 9.25. The van der Waals surface area contributed by atoms with Gasteiger partial charge >= 0.3 is 0 Å². The van der Waals surface area contributed by atoms with Gasteiger partial charge in [-0.3, -0.25) is 9.10 Å². The molecule has 0 aliphatic rings. The SMILES string of the molecule is CCc1cccc(CC)c1NC(=O)c1ccc(S(=O)(=O)N(C)c2ccccc2OC)cc1. The largest absolute Gasteiger partial charge is 0.495 e. The average Bonchev–Trinajstić information content (AvgIpc) is 2.83. The van der Waals surface area contributed by atoms with Crippen LogP contribution in [0.4, 0.5) is 11.4 Å². The Morgan fingerprint density at radius 2 is 1.50 bits per heavy atom. The topological polar surface area (TPSA) is 75.7 Å². The Bertz CT molecular complexity index is 1180. The van der Waals surface area contributed by atoms with Gasteiger partial charge in [-0.05, 0) is 60.4 Å². The second-order valence-electron chi connectivity index (χ2n) is 7.28. The summed E-state index contributed by atoms with van der Waals surface area (Å²) >= 11 is 0. The Hall–Kier alpha value is -3.32. The lowest BCUT2D eigenvalue weighted by molar-refractivity contribution is 0.102. The van der Waals surface area contributed by atoms with Gasteiger partial charge in [-0.25, -0.2) is 8.42 Å². The molecule has 6 nitrogen and oxygen atoms in total. The number of carbonyl (C=O) groups is 1. The number of methoxy groups -OCH3 is 1. The average molecular weight is 453 g/mol. The van der Waals surface area contributed by atoms with Crippen LogP contribution in [0.25, 0.3) is 0 Å². The fraction of sp³-hybridized carbons (Fsp3) is 0.240. The molecule has 0 atom stereocenters. The van der Waals surface area contributed by atoms with Crippen LogP contribution in [0.2, 0.25) is 0 Å². The maximum absolute atomic E-state index is 13.1. The lowest BCUT2D eigenvalue weighted by atomic mass is 10.0. The van der Waals surface area contributed by atoms with E-state index in [2.05, 4.69) is 5.32 Å². The number of para-hydroxylation sites is 3. The Morgan fingerprint density at radius 3 is 2.06 bits per heavy atom. The van der Waals surface area contributed by atoms with Crippen molar-refractivity contribution in [1.29, 1.82) is 0 Å². The highest BCUT2D eigenvalue weighted by molar-refractivity contribution is 7.92. The highest BCUT2D eigenvalue weighted by atomic mass is 32.2. The summed E-state index contributed by atoms with van der Waals surface area (Å²) in [5.41, 5.74) is 3.78. The van der Waals surface area contributed by atoms with Gasteiger partial charge in [0.2, 0.25) is 0 Å². The minimum atomic E-state index is -3.83. The van der Waals surface area contributed by atoms with Crippen LogP contribution in [0.1, 0.15) is 35.3 Å². The number of benzene rings is 3. The molecule has 0 aliphatic heterocycles. The normalized spacial score (nSPS) is 11.1. The van der Waals surface area contributed by atoms with E-state index >= 15 is 0 Å². The summed E-state index contributed by atoms with van der Waals surface area (Å²) in [6.07, 6.45) is 1.60. The molecule has 7 heteroatoms. The number of anilines is 2. The van der Waals surface area contributed by atoms with Crippen molar-refractivity contribution >= 4 is 27.3 Å². The molecule has 0 unspecified atom stereocenters. The molecule has 0 bridgehead atoms. The summed E-state index contributed by atoms with van der Waals surface area (Å²) in [5, 5.41) is 3.00. The van der Waals surface area contributed by atoms with E-state index in [0.717, 1.165) is 29.7 Å². The van der Waals surface area contributed by atoms with Crippen LogP contribution in [0.3, 0.4) is 0 Å². The first-order chi connectivity index (χ1) is 15.3. The van der Waals surface area contributed by atoms with Crippen LogP contribution >= 0.6 is 0 Å². The first kappa shape index (κ1) is 23.3. The van der Waals surface area contributed by atoms with Crippen LogP contribution < -0.4 is 14.4 Å². The number of hydrogen-bond donors (Lipinski definition) is 1. The first-order valence-corrected chi connectivity index (χ1v) is 11.9. The Kier molecular flexibility index (Phi) is 7.20. The molecule has 3 aromatic rings. The highest BCUT2D eigenvalue weighted by Gasteiger charge is 2.24. The van der Waals surface area contributed by atoms with Gasteiger partial charge in [-0.1, -0.05) is 44.2 Å². The molecule has 0 fully saturated rings.